The predicted molar refractivity (Wildman–Crippen MR) is 38.4 cm³/mol. The minimum atomic E-state index is 0. The van der Waals surface area contributed by atoms with Gasteiger partial charge in [-0.2, -0.15) is 0 Å². The molecule has 2 nitrogen and oxygen atoms in total. The minimum absolute atomic E-state index is 0. The van der Waals surface area contributed by atoms with E-state index in [-0.39, 0.29) is 21.9 Å². The van der Waals surface area contributed by atoms with Crippen LogP contribution < -0.4 is 0 Å². The molecule has 0 aliphatic rings. The van der Waals surface area contributed by atoms with Gasteiger partial charge < -0.3 is 11.0 Å². The summed E-state index contributed by atoms with van der Waals surface area (Å²) in [4.78, 5) is 0. The van der Waals surface area contributed by atoms with Crippen molar-refractivity contribution < 1.29 is 11.0 Å². The first-order valence-corrected chi connectivity index (χ1v) is 15.6. The molecular formula is H14GeO2Si2. The van der Waals surface area contributed by atoms with Crippen LogP contribution in [0.3, 0.4) is 0 Å². The van der Waals surface area contributed by atoms with Gasteiger partial charge in [0.2, 0.25) is 0 Å². The average molecular weight is 175 g/mol. The smallest absolute Gasteiger partial charge is 0.0149 e. The van der Waals surface area contributed by atoms with E-state index in [9.17, 15) is 0 Å². The molecule has 0 fully saturated rings. The third kappa shape index (κ3) is 51.1. The molecule has 0 aromatic heterocycles. The zero-order valence-electron chi connectivity index (χ0n) is 3.00. The number of hydrogen-bond donors (Lipinski definition) is 0. The Bertz CT molecular complexity index is 7.61. The van der Waals surface area contributed by atoms with Crippen molar-refractivity contribution in [1.82, 2.24) is 0 Å². The minimum Gasteiger partial charge on any atom is -0.0149 e. The van der Waals surface area contributed by atoms with Crippen molar-refractivity contribution >= 4 is 35.6 Å². The molecule has 0 amide bonds. The van der Waals surface area contributed by atoms with Gasteiger partial charge in [0.15, 0.2) is 0 Å². The fourth-order valence-corrected chi connectivity index (χ4v) is 0. The van der Waals surface area contributed by atoms with Gasteiger partial charge in [-0.15, -0.1) is 0 Å². The second kappa shape index (κ2) is 92.5. The van der Waals surface area contributed by atoms with Gasteiger partial charge in [-0.25, -0.2) is 0 Å². The van der Waals surface area contributed by atoms with Crippen LogP contribution in [0.1, 0.15) is 0 Å². The summed E-state index contributed by atoms with van der Waals surface area (Å²) in [6.07, 6.45) is 0. The van der Waals surface area contributed by atoms with Crippen molar-refractivity contribution in [2.45, 2.75) is 0 Å². The first kappa shape index (κ1) is 39.3. The molecule has 0 bridgehead atoms. The van der Waals surface area contributed by atoms with Gasteiger partial charge in [0.1, 0.15) is 0 Å². The normalized spacial score (nSPS) is 2.40. The quantitative estimate of drug-likeness (QED) is 0.330. The number of rotatable bonds is 0. The van der Waals surface area contributed by atoms with E-state index in [0.717, 1.165) is 0 Å². The van der Waals surface area contributed by atoms with Crippen LogP contribution in [0.15, 0.2) is 0 Å². The summed E-state index contributed by atoms with van der Waals surface area (Å²) in [6, 6.07) is 0. The molecule has 0 heterocycles. The maximum atomic E-state index is 1.49. The van der Waals surface area contributed by atoms with Crippen LogP contribution in [-0.2, 0) is 0 Å². The van der Waals surface area contributed by atoms with E-state index in [2.05, 4.69) is 0 Å². The van der Waals surface area contributed by atoms with Gasteiger partial charge >= 0.3 is 24.6 Å². The zero-order chi connectivity index (χ0) is 2.00. The summed E-state index contributed by atoms with van der Waals surface area (Å²) in [5, 5.41) is 0. The maximum Gasteiger partial charge on any atom is -0.0149 e. The van der Waals surface area contributed by atoms with E-state index >= 15 is 0 Å². The van der Waals surface area contributed by atoms with Crippen molar-refractivity contribution in [3.8, 4) is 0 Å². The van der Waals surface area contributed by atoms with Crippen LogP contribution in [0, 0.1) is 0 Å². The molecule has 0 aromatic carbocycles. The van der Waals surface area contributed by atoms with Gasteiger partial charge in [0.25, 0.3) is 0 Å². The van der Waals surface area contributed by atoms with Gasteiger partial charge in [0.05, 0.1) is 0 Å². The first-order valence-electron chi connectivity index (χ1n) is 1.00. The van der Waals surface area contributed by atoms with Gasteiger partial charge in [-0.3, -0.25) is 0 Å². The molecule has 38 valence electrons. The van der Waals surface area contributed by atoms with Crippen LogP contribution >= 0.6 is 0 Å². The summed E-state index contributed by atoms with van der Waals surface area (Å²) in [6.45, 7) is 0. The van der Waals surface area contributed by atoms with Crippen molar-refractivity contribution in [2.75, 3.05) is 0 Å². The van der Waals surface area contributed by atoms with E-state index in [4.69, 9.17) is 0 Å². The third-order valence-electron chi connectivity index (χ3n) is 0. The van der Waals surface area contributed by atoms with Crippen molar-refractivity contribution in [2.24, 2.45) is 0 Å². The molecule has 0 radical (unpaired) electrons. The molecule has 0 spiro atoms. The van der Waals surface area contributed by atoms with Crippen molar-refractivity contribution in [1.29, 1.82) is 0 Å². The molecule has 5 heteroatoms. The largest absolute Gasteiger partial charge is 0.0149 e. The van der Waals surface area contributed by atoms with Gasteiger partial charge in [-0.05, 0) is 11.0 Å². The Morgan fingerprint density at radius 3 is 1.00 bits per heavy atom. The molecule has 0 unspecified atom stereocenters. The van der Waals surface area contributed by atoms with Crippen molar-refractivity contribution in [3.05, 3.63) is 0 Å². The summed E-state index contributed by atoms with van der Waals surface area (Å²) in [5.74, 6) is 0. The molecule has 4 N–H and O–H groups in total. The van der Waals surface area contributed by atoms with Gasteiger partial charge in [0, 0.05) is 0 Å². The molecule has 0 aromatic rings. The summed E-state index contributed by atoms with van der Waals surface area (Å²) in [7, 11) is 1.49. The monoisotopic (exact) mass is 176 g/mol. The Hall–Kier alpha value is 0.897. The van der Waals surface area contributed by atoms with Crippen LogP contribution in [0.2, 0.25) is 0 Å². The summed E-state index contributed by atoms with van der Waals surface area (Å²) >= 11 is 1.20. The molecule has 0 saturated heterocycles. The topological polar surface area (TPSA) is 63.0 Å². The van der Waals surface area contributed by atoms with E-state index < -0.39 is 0 Å². The Balaban J connectivity index is -0.00000000167. The van der Waals surface area contributed by atoms with Crippen LogP contribution in [-0.4, -0.2) is 46.5 Å². The fourth-order valence-electron chi connectivity index (χ4n) is 0. The predicted octanol–water partition coefficient (Wildman–Crippen LogP) is -5.47. The molecule has 5 heavy (non-hydrogen) atoms. The Labute approximate surface area is 47.0 Å². The molecule has 0 aliphatic carbocycles. The Morgan fingerprint density at radius 1 is 1.00 bits per heavy atom. The second-order valence-corrected chi connectivity index (χ2v) is 0. The Kier molecular flexibility index (Phi) is 727. The summed E-state index contributed by atoms with van der Waals surface area (Å²) in [5.41, 5.74) is 0. The molecular weight excluding hydrogens is 161 g/mol. The Morgan fingerprint density at radius 2 is 1.00 bits per heavy atom. The standard InChI is InChI=1S/GeH6Si.2H2O.H4Si/c1-2;;;/h1-2H3;2*1H2;1H4. The molecule has 0 rings (SSSR count). The first-order chi connectivity index (χ1) is 1.00. The van der Waals surface area contributed by atoms with Crippen LogP contribution in [0.5, 0.6) is 0 Å². The van der Waals surface area contributed by atoms with Crippen LogP contribution in [0.4, 0.5) is 0 Å². The van der Waals surface area contributed by atoms with E-state index in [1.165, 1.54) is 24.6 Å². The summed E-state index contributed by atoms with van der Waals surface area (Å²) < 4.78 is 0. The van der Waals surface area contributed by atoms with E-state index in [1.54, 1.807) is 0 Å². The van der Waals surface area contributed by atoms with Crippen molar-refractivity contribution in [3.63, 3.8) is 0 Å². The van der Waals surface area contributed by atoms with Gasteiger partial charge in [-0.1, -0.05) is 0 Å². The van der Waals surface area contributed by atoms with Crippen LogP contribution in [0.25, 0.3) is 0 Å². The maximum absolute atomic E-state index is 1.49. The molecule has 0 atom stereocenters. The average Bonchev–Trinajstić information content (AvgIpc) is 1.00. The van der Waals surface area contributed by atoms with E-state index in [0.29, 0.717) is 0 Å². The van der Waals surface area contributed by atoms with E-state index in [1.807, 2.05) is 0 Å². The molecule has 0 aliphatic heterocycles. The second-order valence-electron chi connectivity index (χ2n) is 0. The SMILES string of the molecule is O.O.[SiH3][GeH3].[SiH4]. The number of hydrogen-bond acceptors (Lipinski definition) is 0. The third-order valence-corrected chi connectivity index (χ3v) is 0. The zero-order valence-corrected chi connectivity index (χ0v) is 9.20. The fraction of sp³-hybridized carbons (Fsp3) is 0. The molecule has 0 saturated carbocycles.